The van der Waals surface area contributed by atoms with Gasteiger partial charge < -0.3 is 25.2 Å². The molecule has 3 N–H and O–H groups in total. The summed E-state index contributed by atoms with van der Waals surface area (Å²) < 4.78 is 5.76. The zero-order valence-electron chi connectivity index (χ0n) is 23.8. The predicted octanol–water partition coefficient (Wildman–Crippen LogP) is 4.59. The minimum Gasteiger partial charge on any atom is -0.493 e. The minimum absolute atomic E-state index is 0.127. The molecule has 3 amide bonds. The summed E-state index contributed by atoms with van der Waals surface area (Å²) in [7, 11) is 0. The number of carboxylic acid groups (broad SMARTS) is 1. The molecule has 9 nitrogen and oxygen atoms in total. The van der Waals surface area contributed by atoms with Gasteiger partial charge in [0.1, 0.15) is 5.75 Å². The molecule has 4 aromatic rings. The molecule has 9 heteroatoms. The number of carbonyl (C=O) groups excluding carboxylic acids is 2. The van der Waals surface area contributed by atoms with Crippen LogP contribution in [0.1, 0.15) is 49.9 Å². The second kappa shape index (κ2) is 11.8. The van der Waals surface area contributed by atoms with Crippen molar-refractivity contribution < 1.29 is 29.3 Å². The first-order valence-electron chi connectivity index (χ1n) is 14.4. The summed E-state index contributed by atoms with van der Waals surface area (Å²) in [6, 6.07) is 24.4. The molecule has 0 bridgehead atoms. The van der Waals surface area contributed by atoms with Gasteiger partial charge in [0.2, 0.25) is 0 Å². The number of amides is 3. The highest BCUT2D eigenvalue weighted by Crippen LogP contribution is 2.32. The smallest absolute Gasteiger partial charge is 0.407 e. The minimum atomic E-state index is -1.13. The number of nitrogens with one attached hydrogen (secondary N) is 1. The average molecular weight is 580 g/mol. The van der Waals surface area contributed by atoms with Crippen LogP contribution in [-0.2, 0) is 26.1 Å². The Morgan fingerprint density at radius 2 is 1.70 bits per heavy atom. The maximum absolute atomic E-state index is 13.4. The van der Waals surface area contributed by atoms with Crippen molar-refractivity contribution >= 4 is 28.7 Å². The molecule has 0 saturated carbocycles. The Labute approximate surface area is 249 Å². The number of hydrogen-bond acceptors (Lipinski definition) is 5. The van der Waals surface area contributed by atoms with Gasteiger partial charge in [0, 0.05) is 31.7 Å². The third kappa shape index (κ3) is 5.63. The Bertz CT molecular complexity index is 1720. The fourth-order valence-corrected chi connectivity index (χ4v) is 6.07. The number of aliphatic hydroxyl groups excluding tert-OH is 1. The summed E-state index contributed by atoms with van der Waals surface area (Å²) in [5.41, 5.74) is 4.38. The lowest BCUT2D eigenvalue weighted by molar-refractivity contribution is 0.0382. The molecule has 0 saturated heterocycles. The van der Waals surface area contributed by atoms with Crippen LogP contribution in [0.4, 0.5) is 4.79 Å². The molecule has 0 aromatic heterocycles. The molecule has 2 aliphatic rings. The number of carbonyl (C=O) groups is 3. The topological polar surface area (TPSA) is 119 Å². The van der Waals surface area contributed by atoms with Gasteiger partial charge in [0.15, 0.2) is 0 Å². The van der Waals surface area contributed by atoms with E-state index in [0.29, 0.717) is 31.7 Å². The third-order valence-corrected chi connectivity index (χ3v) is 8.27. The molecule has 2 aliphatic heterocycles. The highest BCUT2D eigenvalue weighted by atomic mass is 16.5. The Kier molecular flexibility index (Phi) is 7.73. The summed E-state index contributed by atoms with van der Waals surface area (Å²) in [6.07, 6.45) is -1.91. The van der Waals surface area contributed by atoms with Crippen LogP contribution >= 0.6 is 0 Å². The predicted molar refractivity (Wildman–Crippen MR) is 161 cm³/mol. The van der Waals surface area contributed by atoms with Gasteiger partial charge in [-0.05, 0) is 64.6 Å². The molecule has 4 aromatic carbocycles. The first kappa shape index (κ1) is 28.2. The lowest BCUT2D eigenvalue weighted by Crippen LogP contribution is -2.53. The van der Waals surface area contributed by atoms with Gasteiger partial charge in [0.05, 0.1) is 24.3 Å². The van der Waals surface area contributed by atoms with E-state index < -0.39 is 24.1 Å². The number of fused-ring (bicyclic) bond motifs is 3. The molecule has 0 fully saturated rings. The van der Waals surface area contributed by atoms with E-state index in [4.69, 9.17) is 4.74 Å². The zero-order valence-corrected chi connectivity index (χ0v) is 23.8. The lowest BCUT2D eigenvalue weighted by atomic mass is 9.91. The number of hydrogen-bond donors (Lipinski definition) is 3. The van der Waals surface area contributed by atoms with Gasteiger partial charge in [-0.3, -0.25) is 14.5 Å². The monoisotopic (exact) mass is 579 g/mol. The quantitative estimate of drug-likeness (QED) is 0.281. The maximum atomic E-state index is 13.4. The van der Waals surface area contributed by atoms with Gasteiger partial charge in [-0.25, -0.2) is 4.79 Å². The van der Waals surface area contributed by atoms with E-state index in [1.807, 2.05) is 60.7 Å². The summed E-state index contributed by atoms with van der Waals surface area (Å²) >= 11 is 0. The summed E-state index contributed by atoms with van der Waals surface area (Å²) in [4.78, 5) is 41.7. The van der Waals surface area contributed by atoms with E-state index in [1.54, 1.807) is 24.0 Å². The standard InChI is InChI=1S/C34H33N3O6/c1-2-43-31-16-27-26(19-36(33(27)40)18-21-11-12-22-7-3-4-8-23(22)13-21)14-28(31)32(39)35-17-30(38)29-15-24-9-5-6-10-25(24)20-37(29)34(41)42/h3-14,16,29-30,38H,2,15,17-20H2,1H3,(H,35,39)(H,41,42)/t29-,30+/m0/s1. The first-order valence-corrected chi connectivity index (χ1v) is 14.4. The number of ether oxygens (including phenoxy) is 1. The van der Waals surface area contributed by atoms with Crippen LogP contribution in [0, 0.1) is 0 Å². The zero-order chi connectivity index (χ0) is 30.1. The molecule has 0 radical (unpaired) electrons. The molecular formula is C34H33N3O6. The van der Waals surface area contributed by atoms with Crippen LogP contribution in [0.25, 0.3) is 10.8 Å². The van der Waals surface area contributed by atoms with Crippen molar-refractivity contribution in [3.63, 3.8) is 0 Å². The molecule has 0 unspecified atom stereocenters. The largest absolute Gasteiger partial charge is 0.493 e. The fourth-order valence-electron chi connectivity index (χ4n) is 6.07. The summed E-state index contributed by atoms with van der Waals surface area (Å²) in [5, 5.41) is 25.8. The number of aliphatic hydroxyl groups is 1. The third-order valence-electron chi connectivity index (χ3n) is 8.27. The van der Waals surface area contributed by atoms with E-state index in [9.17, 15) is 24.6 Å². The van der Waals surface area contributed by atoms with Crippen molar-refractivity contribution in [2.24, 2.45) is 0 Å². The highest BCUT2D eigenvalue weighted by Gasteiger charge is 2.35. The number of rotatable bonds is 8. The highest BCUT2D eigenvalue weighted by molar-refractivity contribution is 6.03. The van der Waals surface area contributed by atoms with Gasteiger partial charge in [-0.15, -0.1) is 0 Å². The van der Waals surface area contributed by atoms with E-state index in [2.05, 4.69) is 11.4 Å². The van der Waals surface area contributed by atoms with Crippen molar-refractivity contribution in [1.29, 1.82) is 0 Å². The van der Waals surface area contributed by atoms with E-state index in [-0.39, 0.29) is 30.3 Å². The summed E-state index contributed by atoms with van der Waals surface area (Å²) in [5.74, 6) is -0.311. The van der Waals surface area contributed by atoms with E-state index >= 15 is 0 Å². The lowest BCUT2D eigenvalue weighted by Gasteiger charge is -2.37. The van der Waals surface area contributed by atoms with Gasteiger partial charge in [-0.2, -0.15) is 0 Å². The Morgan fingerprint density at radius 3 is 2.47 bits per heavy atom. The molecular weight excluding hydrogens is 546 g/mol. The SMILES string of the molecule is CCOc1cc2c(cc1C(=O)NC[C@@H](O)[C@@H]1Cc3ccccc3CN1C(=O)O)CN(Cc1ccc3ccccc3c1)C2=O. The molecule has 6 rings (SSSR count). The van der Waals surface area contributed by atoms with Gasteiger partial charge in [-0.1, -0.05) is 60.7 Å². The van der Waals surface area contributed by atoms with E-state index in [1.165, 1.54) is 4.90 Å². The van der Waals surface area contributed by atoms with Gasteiger partial charge >= 0.3 is 6.09 Å². The second-order valence-electron chi connectivity index (χ2n) is 11.0. The molecule has 0 aliphatic carbocycles. The second-order valence-corrected chi connectivity index (χ2v) is 11.0. The number of nitrogens with zero attached hydrogens (tertiary/aromatic N) is 2. The van der Waals surface area contributed by atoms with Crippen LogP contribution in [0.5, 0.6) is 5.75 Å². The summed E-state index contributed by atoms with van der Waals surface area (Å²) in [6.45, 7) is 2.90. The van der Waals surface area contributed by atoms with Crippen molar-refractivity contribution in [2.75, 3.05) is 13.2 Å². The first-order chi connectivity index (χ1) is 20.8. The number of benzene rings is 4. The van der Waals surface area contributed by atoms with Crippen molar-refractivity contribution in [1.82, 2.24) is 15.1 Å². The molecule has 2 atom stereocenters. The van der Waals surface area contributed by atoms with Crippen LogP contribution in [0.15, 0.2) is 78.9 Å². The van der Waals surface area contributed by atoms with Crippen molar-refractivity contribution in [3.05, 3.63) is 112 Å². The fraction of sp³-hybridized carbons (Fsp3) is 0.265. The van der Waals surface area contributed by atoms with Crippen molar-refractivity contribution in [2.45, 2.75) is 45.1 Å². The molecule has 220 valence electrons. The van der Waals surface area contributed by atoms with Crippen LogP contribution in [0.2, 0.25) is 0 Å². The van der Waals surface area contributed by atoms with Crippen molar-refractivity contribution in [3.8, 4) is 5.75 Å². The Morgan fingerprint density at radius 1 is 0.953 bits per heavy atom. The van der Waals surface area contributed by atoms with E-state index in [0.717, 1.165) is 33.0 Å². The molecule has 2 heterocycles. The Hall–Kier alpha value is -4.89. The van der Waals surface area contributed by atoms with Crippen LogP contribution in [-0.4, -0.2) is 63.2 Å². The molecule has 43 heavy (non-hydrogen) atoms. The maximum Gasteiger partial charge on any atom is 0.407 e. The van der Waals surface area contributed by atoms with Gasteiger partial charge in [0.25, 0.3) is 11.8 Å². The van der Waals surface area contributed by atoms with Crippen LogP contribution in [0.3, 0.4) is 0 Å². The molecule has 0 spiro atoms. The normalized spacial score (nSPS) is 16.5. The van der Waals surface area contributed by atoms with Crippen LogP contribution < -0.4 is 10.1 Å². The Balaban J connectivity index is 1.17. The average Bonchev–Trinajstić information content (AvgIpc) is 3.32.